The van der Waals surface area contributed by atoms with Gasteiger partial charge in [-0.1, -0.05) is 91.0 Å². The number of hydrogen-bond donors (Lipinski definition) is 0. The number of Topliss-reactive ketones (excluding diaryl/α,β-unsaturated/α-hetero) is 1. The molecule has 1 saturated heterocycles. The average Bonchev–Trinajstić information content (AvgIpc) is 2.98. The zero-order chi connectivity index (χ0) is 28.4. The summed E-state index contributed by atoms with van der Waals surface area (Å²) in [4.78, 5) is 25.7. The van der Waals surface area contributed by atoms with Gasteiger partial charge in [0.25, 0.3) is 0 Å². The maximum atomic E-state index is 15.3. The molecule has 1 unspecified atom stereocenters. The Bertz CT molecular complexity index is 1210. The normalized spacial score (nSPS) is 21.2. The van der Waals surface area contributed by atoms with E-state index in [0.29, 0.717) is 0 Å². The number of halogens is 2. The third kappa shape index (κ3) is 7.57. The van der Waals surface area contributed by atoms with Gasteiger partial charge in [0.05, 0.1) is 33.0 Å². The Kier molecular flexibility index (Phi) is 10.5. The number of rotatable bonds is 13. The van der Waals surface area contributed by atoms with Crippen LogP contribution < -0.4 is 0 Å². The summed E-state index contributed by atoms with van der Waals surface area (Å²) in [5, 5.41) is 0. The summed E-state index contributed by atoms with van der Waals surface area (Å²) < 4.78 is 58.6. The van der Waals surface area contributed by atoms with Gasteiger partial charge in [0.2, 0.25) is 0 Å². The van der Waals surface area contributed by atoms with Crippen LogP contribution in [0.5, 0.6) is 0 Å². The zero-order valence-electron chi connectivity index (χ0n) is 22.1. The van der Waals surface area contributed by atoms with E-state index >= 15 is 8.78 Å². The highest BCUT2D eigenvalue weighted by atomic mass is 19.3. The van der Waals surface area contributed by atoms with E-state index in [0.717, 1.165) is 16.7 Å². The summed E-state index contributed by atoms with van der Waals surface area (Å²) in [5.41, 5.74) is 2.40. The van der Waals surface area contributed by atoms with E-state index in [1.54, 1.807) is 24.3 Å². The fourth-order valence-corrected chi connectivity index (χ4v) is 4.32. The van der Waals surface area contributed by atoms with E-state index in [2.05, 4.69) is 4.74 Å². The predicted octanol–water partition coefficient (Wildman–Crippen LogP) is 4.91. The SMILES string of the molecule is CCOC(=O)C(F)(F)C1O[C@H](COCc2ccccc2)[C@@H](OCc2ccccc2)[C@H](OCc2ccccc2)C1=O. The van der Waals surface area contributed by atoms with Gasteiger partial charge in [0.15, 0.2) is 11.9 Å². The second kappa shape index (κ2) is 14.2. The second-order valence-electron chi connectivity index (χ2n) is 9.28. The van der Waals surface area contributed by atoms with Gasteiger partial charge in [-0.2, -0.15) is 8.78 Å². The molecule has 0 amide bonds. The van der Waals surface area contributed by atoms with E-state index in [-0.39, 0.29) is 33.0 Å². The Morgan fingerprint density at radius 3 is 1.82 bits per heavy atom. The highest BCUT2D eigenvalue weighted by Gasteiger charge is 2.60. The Morgan fingerprint density at radius 1 is 0.800 bits per heavy atom. The lowest BCUT2D eigenvalue weighted by molar-refractivity contribution is -0.248. The van der Waals surface area contributed by atoms with Crippen LogP contribution in [0.25, 0.3) is 0 Å². The van der Waals surface area contributed by atoms with Gasteiger partial charge in [-0.15, -0.1) is 0 Å². The first-order chi connectivity index (χ1) is 19.4. The van der Waals surface area contributed by atoms with Gasteiger partial charge in [0.1, 0.15) is 18.3 Å². The largest absolute Gasteiger partial charge is 0.461 e. The van der Waals surface area contributed by atoms with Crippen molar-refractivity contribution in [2.24, 2.45) is 0 Å². The number of alkyl halides is 2. The smallest absolute Gasteiger partial charge is 0.380 e. The molecule has 0 N–H and O–H groups in total. The molecule has 3 aromatic carbocycles. The van der Waals surface area contributed by atoms with Crippen LogP contribution in [0.15, 0.2) is 91.0 Å². The molecule has 0 radical (unpaired) electrons. The standard InChI is InChI=1S/C31H32F2O7/c1-2-37-30(35)31(32,33)29-26(34)28(39-20-24-16-10-5-11-17-24)27(38-19-23-14-8-4-9-15-23)25(40-29)21-36-18-22-12-6-3-7-13-22/h3-17,25,27-29H,2,18-21H2,1H3/t25-,27-,28-,29?/m1/s1. The monoisotopic (exact) mass is 554 g/mol. The van der Waals surface area contributed by atoms with Crippen molar-refractivity contribution in [3.8, 4) is 0 Å². The molecule has 0 bridgehead atoms. The lowest BCUT2D eigenvalue weighted by Crippen LogP contribution is -2.64. The molecule has 9 heteroatoms. The van der Waals surface area contributed by atoms with E-state index in [1.807, 2.05) is 66.7 Å². The lowest BCUT2D eigenvalue weighted by atomic mass is 9.92. The van der Waals surface area contributed by atoms with E-state index in [1.165, 1.54) is 6.92 Å². The fraction of sp³-hybridized carbons (Fsp3) is 0.355. The fourth-order valence-electron chi connectivity index (χ4n) is 4.32. The molecule has 0 aromatic heterocycles. The minimum absolute atomic E-state index is 0.0439. The van der Waals surface area contributed by atoms with Crippen molar-refractivity contribution in [1.29, 1.82) is 0 Å². The molecule has 1 aliphatic heterocycles. The van der Waals surface area contributed by atoms with E-state index < -0.39 is 42.1 Å². The summed E-state index contributed by atoms with van der Waals surface area (Å²) in [6, 6.07) is 27.5. The molecule has 212 valence electrons. The second-order valence-corrected chi connectivity index (χ2v) is 9.28. The van der Waals surface area contributed by atoms with Gasteiger partial charge in [-0.3, -0.25) is 4.79 Å². The highest BCUT2D eigenvalue weighted by Crippen LogP contribution is 2.34. The minimum Gasteiger partial charge on any atom is -0.461 e. The van der Waals surface area contributed by atoms with Crippen molar-refractivity contribution in [1.82, 2.24) is 0 Å². The molecule has 1 aliphatic rings. The maximum absolute atomic E-state index is 15.3. The first-order valence-electron chi connectivity index (χ1n) is 13.1. The molecule has 3 aromatic rings. The number of ether oxygens (including phenoxy) is 5. The number of hydrogen-bond acceptors (Lipinski definition) is 7. The Labute approximate surface area is 232 Å². The van der Waals surface area contributed by atoms with Crippen molar-refractivity contribution in [3.05, 3.63) is 108 Å². The van der Waals surface area contributed by atoms with Crippen molar-refractivity contribution in [2.45, 2.75) is 57.1 Å². The van der Waals surface area contributed by atoms with Crippen molar-refractivity contribution in [3.63, 3.8) is 0 Å². The van der Waals surface area contributed by atoms with Gasteiger partial charge < -0.3 is 23.7 Å². The Balaban J connectivity index is 1.61. The lowest BCUT2D eigenvalue weighted by Gasteiger charge is -2.41. The van der Waals surface area contributed by atoms with Crippen molar-refractivity contribution in [2.75, 3.05) is 13.2 Å². The number of benzene rings is 3. The third-order valence-corrected chi connectivity index (χ3v) is 6.34. The van der Waals surface area contributed by atoms with Crippen LogP contribution in [-0.2, 0) is 53.1 Å². The molecule has 1 fully saturated rings. The molecule has 0 spiro atoms. The molecule has 4 atom stereocenters. The highest BCUT2D eigenvalue weighted by molar-refractivity contribution is 5.95. The van der Waals surface area contributed by atoms with Crippen LogP contribution in [0.3, 0.4) is 0 Å². The third-order valence-electron chi connectivity index (χ3n) is 6.34. The van der Waals surface area contributed by atoms with Crippen LogP contribution >= 0.6 is 0 Å². The van der Waals surface area contributed by atoms with E-state index in [4.69, 9.17) is 18.9 Å². The molecule has 7 nitrogen and oxygen atoms in total. The summed E-state index contributed by atoms with van der Waals surface area (Å²) in [7, 11) is 0. The summed E-state index contributed by atoms with van der Waals surface area (Å²) in [5.74, 6) is -7.20. The molecular weight excluding hydrogens is 522 g/mol. The topological polar surface area (TPSA) is 80.3 Å². The molecular formula is C31H32F2O7. The van der Waals surface area contributed by atoms with Gasteiger partial charge in [-0.25, -0.2) is 4.79 Å². The zero-order valence-corrected chi connectivity index (χ0v) is 22.1. The summed E-state index contributed by atoms with van der Waals surface area (Å²) in [6.45, 7) is 1.13. The number of ketones is 1. The van der Waals surface area contributed by atoms with Crippen molar-refractivity contribution >= 4 is 11.8 Å². The van der Waals surface area contributed by atoms with Gasteiger partial charge >= 0.3 is 11.9 Å². The molecule has 40 heavy (non-hydrogen) atoms. The van der Waals surface area contributed by atoms with E-state index in [9.17, 15) is 9.59 Å². The molecule has 0 saturated carbocycles. The van der Waals surface area contributed by atoms with Crippen LogP contribution in [0.2, 0.25) is 0 Å². The first-order valence-corrected chi connectivity index (χ1v) is 13.1. The molecule has 0 aliphatic carbocycles. The van der Waals surface area contributed by atoms with Crippen LogP contribution in [0.1, 0.15) is 23.6 Å². The molecule has 1 heterocycles. The number of esters is 1. The quantitative estimate of drug-likeness (QED) is 0.278. The van der Waals surface area contributed by atoms with Crippen LogP contribution in [0.4, 0.5) is 8.78 Å². The number of carbonyl (C=O) groups excluding carboxylic acids is 2. The average molecular weight is 555 g/mol. The maximum Gasteiger partial charge on any atom is 0.380 e. The minimum atomic E-state index is -4.25. The Hall–Kier alpha value is -3.50. The summed E-state index contributed by atoms with van der Waals surface area (Å²) in [6.07, 6.45) is -6.15. The number of carbonyl (C=O) groups is 2. The van der Waals surface area contributed by atoms with Gasteiger partial charge in [-0.05, 0) is 23.6 Å². The summed E-state index contributed by atoms with van der Waals surface area (Å²) >= 11 is 0. The molecule has 4 rings (SSSR count). The van der Waals surface area contributed by atoms with Crippen LogP contribution in [-0.4, -0.2) is 55.3 Å². The first kappa shape index (κ1) is 29.5. The van der Waals surface area contributed by atoms with Crippen molar-refractivity contribution < 1.29 is 42.1 Å². The van der Waals surface area contributed by atoms with Crippen LogP contribution in [0, 0.1) is 0 Å². The predicted molar refractivity (Wildman–Crippen MR) is 141 cm³/mol. The van der Waals surface area contributed by atoms with Gasteiger partial charge in [0, 0.05) is 0 Å². The Morgan fingerprint density at radius 2 is 1.30 bits per heavy atom.